The minimum atomic E-state index is 0.643. The Bertz CT molecular complexity index is 368. The molecule has 1 fully saturated rings. The number of benzene rings is 1. The van der Waals surface area contributed by atoms with Crippen LogP contribution in [0.1, 0.15) is 5.56 Å². The van der Waals surface area contributed by atoms with Crippen molar-refractivity contribution < 1.29 is 9.57 Å². The highest BCUT2D eigenvalue weighted by atomic mass is 35.5. The zero-order chi connectivity index (χ0) is 12.1. The Morgan fingerprint density at radius 3 is 2.88 bits per heavy atom. The van der Waals surface area contributed by atoms with Gasteiger partial charge in [-0.05, 0) is 23.8 Å². The van der Waals surface area contributed by atoms with E-state index in [0.29, 0.717) is 6.54 Å². The van der Waals surface area contributed by atoms with Gasteiger partial charge in [0, 0.05) is 30.3 Å². The summed E-state index contributed by atoms with van der Waals surface area (Å²) in [4.78, 5) is 7.20. The van der Waals surface area contributed by atoms with Crippen molar-refractivity contribution in [3.05, 3.63) is 28.8 Å². The Hall–Kier alpha value is -0.810. The average molecular weight is 257 g/mol. The van der Waals surface area contributed by atoms with Gasteiger partial charge in [-0.25, -0.2) is 0 Å². The molecule has 1 heterocycles. The Morgan fingerprint density at radius 2 is 2.18 bits per heavy atom. The molecule has 1 aliphatic rings. The molecular formula is C12H17ClN2O2. The van der Waals surface area contributed by atoms with Gasteiger partial charge in [-0.2, -0.15) is 5.48 Å². The monoisotopic (exact) mass is 256 g/mol. The normalized spacial score (nSPS) is 16.2. The molecule has 0 atom stereocenters. The maximum atomic E-state index is 6.02. The molecule has 0 aliphatic carbocycles. The molecule has 1 aromatic carbocycles. The second-order valence-corrected chi connectivity index (χ2v) is 4.33. The average Bonchev–Trinajstić information content (AvgIpc) is 2.37. The lowest BCUT2D eigenvalue weighted by Crippen LogP contribution is -2.37. The zero-order valence-electron chi connectivity index (χ0n) is 9.91. The fraction of sp³-hybridized carbons (Fsp3) is 0.500. The third-order valence-electron chi connectivity index (χ3n) is 2.80. The molecule has 1 N–H and O–H groups in total. The van der Waals surface area contributed by atoms with Crippen LogP contribution in [0, 0.1) is 0 Å². The van der Waals surface area contributed by atoms with E-state index in [1.165, 1.54) is 5.69 Å². The smallest absolute Gasteiger partial charge is 0.0642 e. The summed E-state index contributed by atoms with van der Waals surface area (Å²) < 4.78 is 5.36. The van der Waals surface area contributed by atoms with Crippen molar-refractivity contribution in [1.29, 1.82) is 0 Å². The largest absolute Gasteiger partial charge is 0.378 e. The summed E-state index contributed by atoms with van der Waals surface area (Å²) in [6.45, 7) is 4.03. The molecule has 0 radical (unpaired) electrons. The summed E-state index contributed by atoms with van der Waals surface area (Å²) in [5.74, 6) is 0. The quantitative estimate of drug-likeness (QED) is 0.834. The van der Waals surface area contributed by atoms with Crippen molar-refractivity contribution in [1.82, 2.24) is 5.48 Å². The van der Waals surface area contributed by atoms with Gasteiger partial charge in [0.05, 0.1) is 20.3 Å². The zero-order valence-corrected chi connectivity index (χ0v) is 10.7. The van der Waals surface area contributed by atoms with Gasteiger partial charge >= 0.3 is 0 Å². The third-order valence-corrected chi connectivity index (χ3v) is 3.04. The molecule has 0 spiro atoms. The lowest BCUT2D eigenvalue weighted by molar-refractivity contribution is 0.0866. The predicted molar refractivity (Wildman–Crippen MR) is 68.3 cm³/mol. The minimum Gasteiger partial charge on any atom is -0.378 e. The van der Waals surface area contributed by atoms with E-state index >= 15 is 0 Å². The molecule has 1 aromatic rings. The maximum absolute atomic E-state index is 6.02. The fourth-order valence-corrected chi connectivity index (χ4v) is 2.15. The first-order valence-corrected chi connectivity index (χ1v) is 6.06. The van der Waals surface area contributed by atoms with E-state index in [2.05, 4.69) is 16.4 Å². The van der Waals surface area contributed by atoms with Gasteiger partial charge in [0.15, 0.2) is 0 Å². The first kappa shape index (κ1) is 12.6. The highest BCUT2D eigenvalue weighted by Gasteiger charge is 2.14. The third kappa shape index (κ3) is 3.33. The highest BCUT2D eigenvalue weighted by Crippen LogP contribution is 2.25. The van der Waals surface area contributed by atoms with Crippen LogP contribution in [0.3, 0.4) is 0 Å². The Balaban J connectivity index is 2.18. The lowest BCUT2D eigenvalue weighted by atomic mass is 10.1. The van der Waals surface area contributed by atoms with Crippen molar-refractivity contribution in [3.8, 4) is 0 Å². The van der Waals surface area contributed by atoms with Crippen molar-refractivity contribution in [2.45, 2.75) is 6.54 Å². The van der Waals surface area contributed by atoms with E-state index in [4.69, 9.17) is 21.2 Å². The Morgan fingerprint density at radius 1 is 1.41 bits per heavy atom. The van der Waals surface area contributed by atoms with E-state index in [0.717, 1.165) is 36.9 Å². The number of hydrogen-bond donors (Lipinski definition) is 1. The summed E-state index contributed by atoms with van der Waals surface area (Å²) in [7, 11) is 1.61. The van der Waals surface area contributed by atoms with Crippen LogP contribution in [0.2, 0.25) is 5.02 Å². The molecular weight excluding hydrogens is 240 g/mol. The number of morpholine rings is 1. The molecule has 17 heavy (non-hydrogen) atoms. The van der Waals surface area contributed by atoms with E-state index in [1.54, 1.807) is 7.11 Å². The van der Waals surface area contributed by atoms with Crippen molar-refractivity contribution in [2.75, 3.05) is 38.3 Å². The molecule has 5 heteroatoms. The number of nitrogens with one attached hydrogen (secondary N) is 1. The number of hydrogen-bond acceptors (Lipinski definition) is 4. The number of nitrogens with zero attached hydrogens (tertiary/aromatic N) is 1. The topological polar surface area (TPSA) is 33.7 Å². The van der Waals surface area contributed by atoms with Gasteiger partial charge < -0.3 is 14.5 Å². The van der Waals surface area contributed by atoms with Gasteiger partial charge in [-0.3, -0.25) is 0 Å². The first-order chi connectivity index (χ1) is 8.31. The summed E-state index contributed by atoms with van der Waals surface area (Å²) in [6.07, 6.45) is 0. The van der Waals surface area contributed by atoms with Gasteiger partial charge in [0.1, 0.15) is 0 Å². The standard InChI is InChI=1S/C12H17ClN2O2/c1-16-14-9-10-8-11(13)2-3-12(10)15-4-6-17-7-5-15/h2-3,8,14H,4-7,9H2,1H3. The summed E-state index contributed by atoms with van der Waals surface area (Å²) in [6, 6.07) is 5.95. The first-order valence-electron chi connectivity index (χ1n) is 5.68. The molecule has 2 rings (SSSR count). The van der Waals surface area contributed by atoms with Crippen molar-refractivity contribution >= 4 is 17.3 Å². The van der Waals surface area contributed by atoms with Crippen LogP contribution in [0.25, 0.3) is 0 Å². The molecule has 4 nitrogen and oxygen atoms in total. The van der Waals surface area contributed by atoms with E-state index < -0.39 is 0 Å². The van der Waals surface area contributed by atoms with Crippen molar-refractivity contribution in [2.24, 2.45) is 0 Å². The SMILES string of the molecule is CONCc1cc(Cl)ccc1N1CCOCC1. The predicted octanol–water partition coefficient (Wildman–Crippen LogP) is 1.83. The summed E-state index contributed by atoms with van der Waals surface area (Å²) in [5, 5.41) is 0.745. The van der Waals surface area contributed by atoms with Crippen LogP contribution in [0.15, 0.2) is 18.2 Å². The number of halogens is 1. The molecule has 0 aromatic heterocycles. The maximum Gasteiger partial charge on any atom is 0.0642 e. The number of anilines is 1. The number of ether oxygens (including phenoxy) is 1. The van der Waals surface area contributed by atoms with Crippen LogP contribution in [0.4, 0.5) is 5.69 Å². The van der Waals surface area contributed by atoms with E-state index in [1.807, 2.05) is 12.1 Å². The second kappa shape index (κ2) is 6.21. The van der Waals surface area contributed by atoms with Crippen LogP contribution in [0.5, 0.6) is 0 Å². The summed E-state index contributed by atoms with van der Waals surface area (Å²) in [5.41, 5.74) is 5.19. The minimum absolute atomic E-state index is 0.643. The molecule has 0 unspecified atom stereocenters. The lowest BCUT2D eigenvalue weighted by Gasteiger charge is -2.30. The van der Waals surface area contributed by atoms with Gasteiger partial charge in [0.25, 0.3) is 0 Å². The molecule has 94 valence electrons. The molecule has 0 amide bonds. The van der Waals surface area contributed by atoms with Gasteiger partial charge in [-0.15, -0.1) is 0 Å². The van der Waals surface area contributed by atoms with Crippen LogP contribution >= 0.6 is 11.6 Å². The number of hydroxylamine groups is 1. The fourth-order valence-electron chi connectivity index (χ4n) is 1.96. The van der Waals surface area contributed by atoms with Crippen LogP contribution in [-0.2, 0) is 16.1 Å². The molecule has 0 bridgehead atoms. The van der Waals surface area contributed by atoms with Gasteiger partial charge in [-0.1, -0.05) is 11.6 Å². The Kier molecular flexibility index (Phi) is 4.62. The molecule has 1 aliphatic heterocycles. The highest BCUT2D eigenvalue weighted by molar-refractivity contribution is 6.30. The van der Waals surface area contributed by atoms with E-state index in [-0.39, 0.29) is 0 Å². The van der Waals surface area contributed by atoms with Gasteiger partial charge in [0.2, 0.25) is 0 Å². The Labute approximate surface area is 106 Å². The number of rotatable bonds is 4. The van der Waals surface area contributed by atoms with Crippen LogP contribution in [-0.4, -0.2) is 33.4 Å². The second-order valence-electron chi connectivity index (χ2n) is 3.90. The summed E-state index contributed by atoms with van der Waals surface area (Å²) >= 11 is 6.02. The molecule has 1 saturated heterocycles. The van der Waals surface area contributed by atoms with Crippen LogP contribution < -0.4 is 10.4 Å². The van der Waals surface area contributed by atoms with Crippen molar-refractivity contribution in [3.63, 3.8) is 0 Å². The molecule has 0 saturated carbocycles. The van der Waals surface area contributed by atoms with E-state index in [9.17, 15) is 0 Å².